The molecule has 1 aliphatic heterocycles. The van der Waals surface area contributed by atoms with Crippen molar-refractivity contribution in [3.63, 3.8) is 0 Å². The Hall–Kier alpha value is -0.420. The van der Waals surface area contributed by atoms with Crippen LogP contribution >= 0.6 is 22.6 Å². The molecule has 0 aliphatic carbocycles. The zero-order valence-corrected chi connectivity index (χ0v) is 12.3. The van der Waals surface area contributed by atoms with E-state index >= 15 is 0 Å². The van der Waals surface area contributed by atoms with Crippen molar-refractivity contribution < 1.29 is 4.79 Å². The Kier molecular flexibility index (Phi) is 4.56. The average molecular weight is 343 g/mol. The van der Waals surface area contributed by atoms with E-state index in [2.05, 4.69) is 34.4 Å². The highest BCUT2D eigenvalue weighted by Gasteiger charge is 2.24. The standard InChI is InChI=1S/C14H18INO/c1-2-13-4-3-9-16(13)10-14(17)11-5-7-12(15)8-6-11/h5-8,13H,2-4,9-10H2,1H3. The van der Waals surface area contributed by atoms with Gasteiger partial charge in [0.15, 0.2) is 5.78 Å². The molecule has 17 heavy (non-hydrogen) atoms. The number of hydrogen-bond acceptors (Lipinski definition) is 2. The summed E-state index contributed by atoms with van der Waals surface area (Å²) < 4.78 is 1.17. The Bertz CT molecular complexity index is 388. The van der Waals surface area contributed by atoms with Gasteiger partial charge in [-0.25, -0.2) is 0 Å². The molecule has 1 aromatic rings. The summed E-state index contributed by atoms with van der Waals surface area (Å²) >= 11 is 2.26. The lowest BCUT2D eigenvalue weighted by Crippen LogP contribution is -2.33. The molecule has 92 valence electrons. The summed E-state index contributed by atoms with van der Waals surface area (Å²) in [4.78, 5) is 14.5. The van der Waals surface area contributed by atoms with E-state index < -0.39 is 0 Å². The van der Waals surface area contributed by atoms with Gasteiger partial charge in [0.2, 0.25) is 0 Å². The molecule has 0 bridgehead atoms. The monoisotopic (exact) mass is 343 g/mol. The number of benzene rings is 1. The van der Waals surface area contributed by atoms with Crippen molar-refractivity contribution in [1.29, 1.82) is 0 Å². The third kappa shape index (κ3) is 3.28. The minimum Gasteiger partial charge on any atom is -0.293 e. The van der Waals surface area contributed by atoms with E-state index in [0.717, 1.165) is 18.5 Å². The van der Waals surface area contributed by atoms with E-state index in [0.29, 0.717) is 12.6 Å². The van der Waals surface area contributed by atoms with Crippen molar-refractivity contribution >= 4 is 28.4 Å². The Morgan fingerprint density at radius 1 is 1.41 bits per heavy atom. The smallest absolute Gasteiger partial charge is 0.176 e. The summed E-state index contributed by atoms with van der Waals surface area (Å²) in [6, 6.07) is 8.47. The highest BCUT2D eigenvalue weighted by Crippen LogP contribution is 2.20. The number of halogens is 1. The summed E-state index contributed by atoms with van der Waals surface area (Å²) in [7, 11) is 0. The number of nitrogens with zero attached hydrogens (tertiary/aromatic N) is 1. The zero-order chi connectivity index (χ0) is 12.3. The molecule has 0 amide bonds. The van der Waals surface area contributed by atoms with Gasteiger partial charge in [0.25, 0.3) is 0 Å². The van der Waals surface area contributed by atoms with Crippen molar-refractivity contribution in [2.75, 3.05) is 13.1 Å². The topological polar surface area (TPSA) is 20.3 Å². The molecule has 2 nitrogen and oxygen atoms in total. The van der Waals surface area contributed by atoms with Crippen molar-refractivity contribution in [2.24, 2.45) is 0 Å². The van der Waals surface area contributed by atoms with Crippen LogP contribution in [-0.4, -0.2) is 29.8 Å². The Balaban J connectivity index is 1.99. The predicted molar refractivity (Wildman–Crippen MR) is 78.4 cm³/mol. The van der Waals surface area contributed by atoms with Gasteiger partial charge in [-0.2, -0.15) is 0 Å². The van der Waals surface area contributed by atoms with Crippen molar-refractivity contribution in [2.45, 2.75) is 32.2 Å². The molecule has 1 aromatic carbocycles. The number of rotatable bonds is 4. The molecular formula is C14H18INO. The van der Waals surface area contributed by atoms with Gasteiger partial charge in [0.1, 0.15) is 0 Å². The molecule has 0 saturated carbocycles. The SMILES string of the molecule is CCC1CCCN1CC(=O)c1ccc(I)cc1. The van der Waals surface area contributed by atoms with Crippen LogP contribution in [0.4, 0.5) is 0 Å². The van der Waals surface area contributed by atoms with Gasteiger partial charge >= 0.3 is 0 Å². The van der Waals surface area contributed by atoms with Crippen molar-refractivity contribution in [1.82, 2.24) is 4.90 Å². The second-order valence-electron chi connectivity index (χ2n) is 4.60. The lowest BCUT2D eigenvalue weighted by Gasteiger charge is -2.22. The lowest BCUT2D eigenvalue weighted by molar-refractivity contribution is 0.0920. The minimum absolute atomic E-state index is 0.252. The molecule has 1 atom stereocenters. The van der Waals surface area contributed by atoms with E-state index in [1.807, 2.05) is 24.3 Å². The summed E-state index contributed by atoms with van der Waals surface area (Å²) in [6.45, 7) is 3.87. The third-order valence-electron chi connectivity index (χ3n) is 3.48. The van der Waals surface area contributed by atoms with Gasteiger partial charge in [-0.15, -0.1) is 0 Å². The van der Waals surface area contributed by atoms with Crippen molar-refractivity contribution in [3.8, 4) is 0 Å². The van der Waals surface area contributed by atoms with Crippen LogP contribution in [0, 0.1) is 3.57 Å². The Morgan fingerprint density at radius 2 is 2.12 bits per heavy atom. The van der Waals surface area contributed by atoms with Gasteiger partial charge in [-0.05, 0) is 60.5 Å². The van der Waals surface area contributed by atoms with Gasteiger partial charge < -0.3 is 0 Å². The quantitative estimate of drug-likeness (QED) is 0.617. The average Bonchev–Trinajstić information content (AvgIpc) is 2.77. The van der Waals surface area contributed by atoms with E-state index in [1.54, 1.807) is 0 Å². The van der Waals surface area contributed by atoms with Gasteiger partial charge in [-0.3, -0.25) is 9.69 Å². The molecule has 3 heteroatoms. The van der Waals surface area contributed by atoms with Crippen LogP contribution in [0.5, 0.6) is 0 Å². The maximum Gasteiger partial charge on any atom is 0.176 e. The van der Waals surface area contributed by atoms with Gasteiger partial charge in [-0.1, -0.05) is 19.1 Å². The van der Waals surface area contributed by atoms with E-state index in [-0.39, 0.29) is 5.78 Å². The number of Topliss-reactive ketones (excluding diaryl/α,β-unsaturated/α-hetero) is 1. The van der Waals surface area contributed by atoms with E-state index in [1.165, 1.54) is 16.4 Å². The number of carbonyl (C=O) groups excluding carboxylic acids is 1. The molecular weight excluding hydrogens is 325 g/mol. The fourth-order valence-corrected chi connectivity index (χ4v) is 2.84. The predicted octanol–water partition coefficient (Wildman–Crippen LogP) is 3.35. The third-order valence-corrected chi connectivity index (χ3v) is 4.20. The van der Waals surface area contributed by atoms with Crippen LogP contribution in [0.25, 0.3) is 0 Å². The normalized spacial score (nSPS) is 20.7. The van der Waals surface area contributed by atoms with E-state index in [4.69, 9.17) is 0 Å². The van der Waals surface area contributed by atoms with Crippen LogP contribution in [0.2, 0.25) is 0 Å². The largest absolute Gasteiger partial charge is 0.293 e. The summed E-state index contributed by atoms with van der Waals surface area (Å²) in [6.07, 6.45) is 3.63. The van der Waals surface area contributed by atoms with E-state index in [9.17, 15) is 4.79 Å². The van der Waals surface area contributed by atoms with Crippen LogP contribution < -0.4 is 0 Å². The molecule has 0 aromatic heterocycles. The van der Waals surface area contributed by atoms with Crippen LogP contribution in [0.15, 0.2) is 24.3 Å². The van der Waals surface area contributed by atoms with Crippen LogP contribution in [0.3, 0.4) is 0 Å². The first-order valence-electron chi connectivity index (χ1n) is 6.23. The maximum atomic E-state index is 12.1. The molecule has 0 N–H and O–H groups in total. The fraction of sp³-hybridized carbons (Fsp3) is 0.500. The molecule has 0 radical (unpaired) electrons. The minimum atomic E-state index is 0.252. The number of carbonyl (C=O) groups is 1. The maximum absolute atomic E-state index is 12.1. The lowest BCUT2D eigenvalue weighted by atomic mass is 10.1. The molecule has 1 unspecified atom stereocenters. The fourth-order valence-electron chi connectivity index (χ4n) is 2.48. The molecule has 0 spiro atoms. The Labute approximate surface area is 117 Å². The van der Waals surface area contributed by atoms with Crippen LogP contribution in [-0.2, 0) is 0 Å². The number of ketones is 1. The highest BCUT2D eigenvalue weighted by molar-refractivity contribution is 14.1. The van der Waals surface area contributed by atoms with Gasteiger partial charge in [0.05, 0.1) is 6.54 Å². The summed E-state index contributed by atoms with van der Waals surface area (Å²) in [5.74, 6) is 0.252. The number of hydrogen-bond donors (Lipinski definition) is 0. The van der Waals surface area contributed by atoms with Crippen LogP contribution in [0.1, 0.15) is 36.5 Å². The first-order valence-corrected chi connectivity index (χ1v) is 7.31. The Morgan fingerprint density at radius 3 is 2.76 bits per heavy atom. The molecule has 1 fully saturated rings. The first-order chi connectivity index (χ1) is 8.20. The summed E-state index contributed by atoms with van der Waals surface area (Å²) in [5.41, 5.74) is 0.840. The van der Waals surface area contributed by atoms with Crippen molar-refractivity contribution in [3.05, 3.63) is 33.4 Å². The number of likely N-dealkylation sites (tertiary alicyclic amines) is 1. The molecule has 1 saturated heterocycles. The zero-order valence-electron chi connectivity index (χ0n) is 10.2. The molecule has 1 heterocycles. The highest BCUT2D eigenvalue weighted by atomic mass is 127. The first kappa shape index (κ1) is 13.0. The second kappa shape index (κ2) is 5.96. The van der Waals surface area contributed by atoms with Gasteiger partial charge in [0, 0.05) is 15.2 Å². The molecule has 1 aliphatic rings. The second-order valence-corrected chi connectivity index (χ2v) is 5.85. The molecule has 2 rings (SSSR count). The summed E-state index contributed by atoms with van der Waals surface area (Å²) in [5, 5.41) is 0.